The van der Waals surface area contributed by atoms with Gasteiger partial charge in [-0.1, -0.05) is 24.1 Å². The van der Waals surface area contributed by atoms with Crippen LogP contribution < -0.4 is 0 Å². The SMILES string of the molecule is O=C(CCN1CCCCC1)N1CC=C(c2cc3c(Cl)ncnc3[nH]2)CC1. The van der Waals surface area contributed by atoms with Gasteiger partial charge in [0.05, 0.1) is 5.39 Å². The maximum Gasteiger partial charge on any atom is 0.224 e. The van der Waals surface area contributed by atoms with Crippen molar-refractivity contribution in [3.8, 4) is 0 Å². The number of rotatable bonds is 4. The second-order valence-corrected chi connectivity index (χ2v) is 7.44. The molecule has 0 atom stereocenters. The molecule has 26 heavy (non-hydrogen) atoms. The molecule has 0 aromatic carbocycles. The van der Waals surface area contributed by atoms with Gasteiger partial charge in [0, 0.05) is 31.7 Å². The minimum absolute atomic E-state index is 0.261. The highest BCUT2D eigenvalue weighted by molar-refractivity contribution is 6.34. The third kappa shape index (κ3) is 3.76. The summed E-state index contributed by atoms with van der Waals surface area (Å²) in [6, 6.07) is 2.00. The molecule has 2 aromatic heterocycles. The molecule has 1 saturated heterocycles. The molecule has 0 spiro atoms. The van der Waals surface area contributed by atoms with Crippen LogP contribution in [0.3, 0.4) is 0 Å². The Labute approximate surface area is 158 Å². The molecule has 138 valence electrons. The second-order valence-electron chi connectivity index (χ2n) is 7.08. The average Bonchev–Trinajstić information content (AvgIpc) is 3.13. The van der Waals surface area contributed by atoms with Gasteiger partial charge < -0.3 is 14.8 Å². The van der Waals surface area contributed by atoms with E-state index in [-0.39, 0.29) is 5.91 Å². The molecule has 2 aromatic rings. The molecule has 0 unspecified atom stereocenters. The van der Waals surface area contributed by atoms with E-state index in [0.29, 0.717) is 18.1 Å². The summed E-state index contributed by atoms with van der Waals surface area (Å²) in [6.07, 6.45) is 8.92. The van der Waals surface area contributed by atoms with E-state index in [1.54, 1.807) is 0 Å². The van der Waals surface area contributed by atoms with Crippen LogP contribution in [0.15, 0.2) is 18.5 Å². The summed E-state index contributed by atoms with van der Waals surface area (Å²) in [5, 5.41) is 1.30. The summed E-state index contributed by atoms with van der Waals surface area (Å²) in [6.45, 7) is 4.61. The van der Waals surface area contributed by atoms with Crippen LogP contribution >= 0.6 is 11.6 Å². The molecular formula is C19H24ClN5O. The number of aromatic nitrogens is 3. The Morgan fingerprint density at radius 2 is 2.04 bits per heavy atom. The number of aromatic amines is 1. The van der Waals surface area contributed by atoms with Crippen molar-refractivity contribution in [1.29, 1.82) is 0 Å². The number of H-pyrrole nitrogens is 1. The lowest BCUT2D eigenvalue weighted by molar-refractivity contribution is -0.131. The first kappa shape index (κ1) is 17.5. The van der Waals surface area contributed by atoms with Gasteiger partial charge >= 0.3 is 0 Å². The van der Waals surface area contributed by atoms with E-state index in [9.17, 15) is 4.79 Å². The molecular weight excluding hydrogens is 350 g/mol. The molecule has 2 aliphatic rings. The molecule has 4 heterocycles. The number of likely N-dealkylation sites (tertiary alicyclic amines) is 1. The van der Waals surface area contributed by atoms with Gasteiger partial charge in [0.25, 0.3) is 0 Å². The van der Waals surface area contributed by atoms with Crippen molar-refractivity contribution in [3.05, 3.63) is 29.3 Å². The van der Waals surface area contributed by atoms with Crippen molar-refractivity contribution in [2.75, 3.05) is 32.7 Å². The Morgan fingerprint density at radius 1 is 1.19 bits per heavy atom. The summed E-state index contributed by atoms with van der Waals surface area (Å²) in [5.41, 5.74) is 2.97. The molecule has 0 bridgehead atoms. The Hall–Kier alpha value is -1.92. The van der Waals surface area contributed by atoms with E-state index in [2.05, 4.69) is 25.9 Å². The number of halogens is 1. The van der Waals surface area contributed by atoms with Gasteiger partial charge in [-0.25, -0.2) is 9.97 Å². The van der Waals surface area contributed by atoms with Crippen LogP contribution in [0.1, 0.15) is 37.8 Å². The maximum atomic E-state index is 12.5. The van der Waals surface area contributed by atoms with E-state index in [1.807, 2.05) is 11.0 Å². The molecule has 1 N–H and O–H groups in total. The molecule has 0 aliphatic carbocycles. The number of amides is 1. The molecule has 4 rings (SSSR count). The van der Waals surface area contributed by atoms with Crippen molar-refractivity contribution in [3.63, 3.8) is 0 Å². The zero-order valence-electron chi connectivity index (χ0n) is 14.9. The summed E-state index contributed by atoms with van der Waals surface area (Å²) in [7, 11) is 0. The lowest BCUT2D eigenvalue weighted by Gasteiger charge is -2.29. The predicted molar refractivity (Wildman–Crippen MR) is 103 cm³/mol. The van der Waals surface area contributed by atoms with Gasteiger partial charge in [-0.3, -0.25) is 4.79 Å². The highest BCUT2D eigenvalue weighted by atomic mass is 35.5. The number of carbonyl (C=O) groups excluding carboxylic acids is 1. The summed E-state index contributed by atoms with van der Waals surface area (Å²) in [4.78, 5) is 28.4. The van der Waals surface area contributed by atoms with Crippen molar-refractivity contribution in [2.24, 2.45) is 0 Å². The molecule has 0 radical (unpaired) electrons. The Balaban J connectivity index is 1.36. The zero-order valence-corrected chi connectivity index (χ0v) is 15.6. The number of carbonyl (C=O) groups is 1. The predicted octanol–water partition coefficient (Wildman–Crippen LogP) is 3.10. The first-order valence-corrected chi connectivity index (χ1v) is 9.77. The van der Waals surface area contributed by atoms with Gasteiger partial charge in [-0.15, -0.1) is 0 Å². The van der Waals surface area contributed by atoms with E-state index in [0.717, 1.165) is 49.3 Å². The standard InChI is InChI=1S/C19H24ClN5O/c20-18-15-12-16(23-19(15)22-13-21-18)14-4-10-25(11-5-14)17(26)6-9-24-7-2-1-3-8-24/h4,12-13H,1-3,5-11H2,(H,21,22,23). The number of hydrogen-bond donors (Lipinski definition) is 1. The number of fused-ring (bicyclic) bond motifs is 1. The monoisotopic (exact) mass is 373 g/mol. The average molecular weight is 374 g/mol. The van der Waals surface area contributed by atoms with Gasteiger partial charge in [-0.05, 0) is 44.0 Å². The largest absolute Gasteiger partial charge is 0.339 e. The van der Waals surface area contributed by atoms with E-state index < -0.39 is 0 Å². The van der Waals surface area contributed by atoms with Gasteiger partial charge in [0.2, 0.25) is 5.91 Å². The summed E-state index contributed by atoms with van der Waals surface area (Å²) in [5.74, 6) is 0.261. The number of piperidine rings is 1. The van der Waals surface area contributed by atoms with Gasteiger partial charge in [0.1, 0.15) is 17.1 Å². The lowest BCUT2D eigenvalue weighted by atomic mass is 10.0. The second kappa shape index (κ2) is 7.76. The number of nitrogens with zero attached hydrogens (tertiary/aromatic N) is 4. The smallest absolute Gasteiger partial charge is 0.224 e. The normalized spacial score (nSPS) is 19.0. The zero-order chi connectivity index (χ0) is 17.9. The van der Waals surface area contributed by atoms with Crippen LogP contribution in [0.5, 0.6) is 0 Å². The van der Waals surface area contributed by atoms with Gasteiger partial charge in [0.15, 0.2) is 0 Å². The van der Waals surface area contributed by atoms with E-state index >= 15 is 0 Å². The molecule has 6 nitrogen and oxygen atoms in total. The molecule has 1 amide bonds. The minimum Gasteiger partial charge on any atom is -0.339 e. The Bertz CT molecular complexity index is 824. The Kier molecular flexibility index (Phi) is 5.22. The molecule has 2 aliphatic heterocycles. The van der Waals surface area contributed by atoms with Crippen LogP contribution in [0.25, 0.3) is 16.6 Å². The highest BCUT2D eigenvalue weighted by Crippen LogP contribution is 2.27. The fraction of sp³-hybridized carbons (Fsp3) is 0.526. The molecule has 1 fully saturated rings. The first-order chi connectivity index (χ1) is 12.7. The van der Waals surface area contributed by atoms with Crippen molar-refractivity contribution < 1.29 is 4.79 Å². The van der Waals surface area contributed by atoms with E-state index in [1.165, 1.54) is 31.2 Å². The van der Waals surface area contributed by atoms with Gasteiger partial charge in [-0.2, -0.15) is 0 Å². The Morgan fingerprint density at radius 3 is 2.77 bits per heavy atom. The highest BCUT2D eigenvalue weighted by Gasteiger charge is 2.20. The quantitative estimate of drug-likeness (QED) is 0.836. The van der Waals surface area contributed by atoms with Crippen LogP contribution in [-0.4, -0.2) is 63.4 Å². The van der Waals surface area contributed by atoms with Crippen LogP contribution in [0.2, 0.25) is 5.15 Å². The molecule has 0 saturated carbocycles. The third-order valence-corrected chi connectivity index (χ3v) is 5.68. The lowest BCUT2D eigenvalue weighted by Crippen LogP contribution is -2.38. The summed E-state index contributed by atoms with van der Waals surface area (Å²) >= 11 is 6.13. The van der Waals surface area contributed by atoms with Crippen molar-refractivity contribution in [2.45, 2.75) is 32.1 Å². The fourth-order valence-electron chi connectivity index (χ4n) is 3.82. The minimum atomic E-state index is 0.261. The van der Waals surface area contributed by atoms with Crippen molar-refractivity contribution in [1.82, 2.24) is 24.8 Å². The van der Waals surface area contributed by atoms with Crippen LogP contribution in [0.4, 0.5) is 0 Å². The van der Waals surface area contributed by atoms with Crippen molar-refractivity contribution >= 4 is 34.1 Å². The number of nitrogens with one attached hydrogen (secondary N) is 1. The third-order valence-electron chi connectivity index (χ3n) is 5.38. The number of hydrogen-bond acceptors (Lipinski definition) is 4. The first-order valence-electron chi connectivity index (χ1n) is 9.39. The summed E-state index contributed by atoms with van der Waals surface area (Å²) < 4.78 is 0. The van der Waals surface area contributed by atoms with Crippen LogP contribution in [-0.2, 0) is 4.79 Å². The molecule has 7 heteroatoms. The maximum absolute atomic E-state index is 12.5. The van der Waals surface area contributed by atoms with E-state index in [4.69, 9.17) is 11.6 Å². The van der Waals surface area contributed by atoms with Crippen LogP contribution in [0, 0.1) is 0 Å². The topological polar surface area (TPSA) is 65.1 Å². The fourth-order valence-corrected chi connectivity index (χ4v) is 4.01.